The monoisotopic (exact) mass is 507 g/mol. The van der Waals surface area contributed by atoms with Crippen molar-refractivity contribution in [1.29, 1.82) is 0 Å². The summed E-state index contributed by atoms with van der Waals surface area (Å²) in [5.74, 6) is -0.0991. The molecule has 0 aromatic heterocycles. The number of anilines is 2. The number of rotatable bonds is 8. The molecule has 4 rings (SSSR count). The SMILES string of the molecule is CCc1ccc(N2C[C@H](C(=O)NNc3cc(Br)ccc3OCc3ccccc3)CC2=O)cc1. The minimum Gasteiger partial charge on any atom is -0.487 e. The van der Waals surface area contributed by atoms with Gasteiger partial charge in [0.25, 0.3) is 0 Å². The predicted molar refractivity (Wildman–Crippen MR) is 133 cm³/mol. The molecule has 1 aliphatic rings. The molecule has 0 saturated carbocycles. The Morgan fingerprint density at radius 1 is 1.06 bits per heavy atom. The highest BCUT2D eigenvalue weighted by Crippen LogP contribution is 2.29. The van der Waals surface area contributed by atoms with Crippen LogP contribution in [0.4, 0.5) is 11.4 Å². The molecule has 0 unspecified atom stereocenters. The number of ether oxygens (including phenoxy) is 1. The minimum atomic E-state index is -0.434. The summed E-state index contributed by atoms with van der Waals surface area (Å²) in [7, 11) is 0. The van der Waals surface area contributed by atoms with Crippen LogP contribution in [-0.2, 0) is 22.6 Å². The fourth-order valence-electron chi connectivity index (χ4n) is 3.74. The van der Waals surface area contributed by atoms with E-state index in [0.717, 1.165) is 22.1 Å². The van der Waals surface area contributed by atoms with Crippen LogP contribution in [0.1, 0.15) is 24.5 Å². The van der Waals surface area contributed by atoms with Crippen molar-refractivity contribution in [1.82, 2.24) is 5.43 Å². The van der Waals surface area contributed by atoms with E-state index in [2.05, 4.69) is 33.7 Å². The highest BCUT2D eigenvalue weighted by Gasteiger charge is 2.35. The zero-order valence-corrected chi connectivity index (χ0v) is 20.0. The number of nitrogens with zero attached hydrogens (tertiary/aromatic N) is 1. The van der Waals surface area contributed by atoms with Gasteiger partial charge in [-0.15, -0.1) is 0 Å². The van der Waals surface area contributed by atoms with Gasteiger partial charge in [-0.2, -0.15) is 0 Å². The van der Waals surface area contributed by atoms with Crippen LogP contribution >= 0.6 is 15.9 Å². The van der Waals surface area contributed by atoms with Gasteiger partial charge in [0.1, 0.15) is 12.4 Å². The van der Waals surface area contributed by atoms with Crippen LogP contribution in [0.2, 0.25) is 0 Å². The third-order valence-corrected chi connectivity index (χ3v) is 6.14. The molecule has 3 aromatic carbocycles. The van der Waals surface area contributed by atoms with E-state index < -0.39 is 5.92 Å². The fourth-order valence-corrected chi connectivity index (χ4v) is 4.10. The second-order valence-corrected chi connectivity index (χ2v) is 8.87. The molecule has 3 aromatic rings. The number of aryl methyl sites for hydroxylation is 1. The summed E-state index contributed by atoms with van der Waals surface area (Å²) in [6.07, 6.45) is 1.12. The lowest BCUT2D eigenvalue weighted by Crippen LogP contribution is -2.36. The smallest absolute Gasteiger partial charge is 0.243 e. The van der Waals surface area contributed by atoms with Crippen molar-refractivity contribution in [2.75, 3.05) is 16.9 Å². The van der Waals surface area contributed by atoms with E-state index in [4.69, 9.17) is 4.74 Å². The maximum Gasteiger partial charge on any atom is 0.243 e. The largest absolute Gasteiger partial charge is 0.487 e. The van der Waals surface area contributed by atoms with Gasteiger partial charge < -0.3 is 9.64 Å². The average molecular weight is 508 g/mol. The predicted octanol–water partition coefficient (Wildman–Crippen LogP) is 5.09. The third kappa shape index (κ3) is 5.73. The molecule has 7 heteroatoms. The number of halogens is 1. The maximum absolute atomic E-state index is 12.8. The van der Waals surface area contributed by atoms with E-state index in [1.165, 1.54) is 5.56 Å². The molecule has 0 aliphatic carbocycles. The first kappa shape index (κ1) is 22.9. The van der Waals surface area contributed by atoms with Crippen molar-refractivity contribution in [3.63, 3.8) is 0 Å². The molecule has 1 aliphatic heterocycles. The minimum absolute atomic E-state index is 0.0475. The molecule has 0 spiro atoms. The van der Waals surface area contributed by atoms with E-state index in [-0.39, 0.29) is 18.2 Å². The zero-order chi connectivity index (χ0) is 23.2. The Labute approximate surface area is 202 Å². The van der Waals surface area contributed by atoms with E-state index in [0.29, 0.717) is 24.6 Å². The maximum atomic E-state index is 12.8. The van der Waals surface area contributed by atoms with E-state index >= 15 is 0 Å². The van der Waals surface area contributed by atoms with Gasteiger partial charge in [0, 0.05) is 23.1 Å². The van der Waals surface area contributed by atoms with Crippen LogP contribution < -0.4 is 20.5 Å². The average Bonchev–Trinajstić information content (AvgIpc) is 3.24. The van der Waals surface area contributed by atoms with Gasteiger partial charge in [-0.05, 0) is 47.9 Å². The normalized spacial score (nSPS) is 15.4. The lowest BCUT2D eigenvalue weighted by Gasteiger charge is -2.18. The Kier molecular flexibility index (Phi) is 7.29. The Balaban J connectivity index is 1.37. The molecule has 1 saturated heterocycles. The van der Waals surface area contributed by atoms with Crippen molar-refractivity contribution >= 4 is 39.1 Å². The molecule has 2 N–H and O–H groups in total. The molecule has 0 radical (unpaired) electrons. The van der Waals surface area contributed by atoms with Crippen LogP contribution in [-0.4, -0.2) is 18.4 Å². The van der Waals surface area contributed by atoms with Crippen LogP contribution in [0.15, 0.2) is 77.3 Å². The van der Waals surface area contributed by atoms with Gasteiger partial charge in [0.15, 0.2) is 0 Å². The van der Waals surface area contributed by atoms with Crippen LogP contribution in [0.3, 0.4) is 0 Å². The number of hydrazine groups is 1. The number of benzene rings is 3. The molecule has 6 nitrogen and oxygen atoms in total. The van der Waals surface area contributed by atoms with Gasteiger partial charge in [-0.1, -0.05) is 65.3 Å². The first-order chi connectivity index (χ1) is 16.0. The van der Waals surface area contributed by atoms with Crippen molar-refractivity contribution in [3.8, 4) is 5.75 Å². The van der Waals surface area contributed by atoms with Crippen LogP contribution in [0.5, 0.6) is 5.75 Å². The summed E-state index contributed by atoms with van der Waals surface area (Å²) in [5.41, 5.74) is 9.43. The molecule has 33 heavy (non-hydrogen) atoms. The van der Waals surface area contributed by atoms with E-state index in [1.54, 1.807) is 4.90 Å². The Hall–Kier alpha value is -3.32. The Morgan fingerprint density at radius 2 is 1.82 bits per heavy atom. The lowest BCUT2D eigenvalue weighted by molar-refractivity contribution is -0.125. The van der Waals surface area contributed by atoms with Crippen molar-refractivity contribution in [2.24, 2.45) is 5.92 Å². The molecule has 1 atom stereocenters. The third-order valence-electron chi connectivity index (χ3n) is 5.65. The zero-order valence-electron chi connectivity index (χ0n) is 18.4. The number of amides is 2. The van der Waals surface area contributed by atoms with Gasteiger partial charge in [0.05, 0.1) is 11.6 Å². The number of carbonyl (C=O) groups is 2. The van der Waals surface area contributed by atoms with Gasteiger partial charge in [0.2, 0.25) is 11.8 Å². The molecule has 170 valence electrons. The van der Waals surface area contributed by atoms with Crippen molar-refractivity contribution < 1.29 is 14.3 Å². The van der Waals surface area contributed by atoms with Crippen LogP contribution in [0.25, 0.3) is 0 Å². The highest BCUT2D eigenvalue weighted by molar-refractivity contribution is 9.10. The highest BCUT2D eigenvalue weighted by atomic mass is 79.9. The number of hydrogen-bond donors (Lipinski definition) is 2. The molecule has 2 amide bonds. The standard InChI is InChI=1S/C26H26BrN3O3/c1-2-18-8-11-22(12-9-18)30-16-20(14-25(30)31)26(32)29-28-23-15-21(27)10-13-24(23)33-17-19-6-4-3-5-7-19/h3-13,15,20,28H,2,14,16-17H2,1H3,(H,29,32)/t20-/m1/s1. The molecule has 0 bridgehead atoms. The molecular weight excluding hydrogens is 482 g/mol. The summed E-state index contributed by atoms with van der Waals surface area (Å²) in [6.45, 7) is 2.86. The first-order valence-corrected chi connectivity index (χ1v) is 11.7. The summed E-state index contributed by atoms with van der Waals surface area (Å²) in [5, 5.41) is 0. The Morgan fingerprint density at radius 3 is 2.55 bits per heavy atom. The molecule has 1 heterocycles. The topological polar surface area (TPSA) is 70.7 Å². The lowest BCUT2D eigenvalue weighted by atomic mass is 10.1. The van der Waals surface area contributed by atoms with Crippen molar-refractivity contribution in [3.05, 3.63) is 88.4 Å². The second kappa shape index (κ2) is 10.5. The van der Waals surface area contributed by atoms with Gasteiger partial charge in [-0.25, -0.2) is 0 Å². The van der Waals surface area contributed by atoms with Crippen molar-refractivity contribution in [2.45, 2.75) is 26.4 Å². The summed E-state index contributed by atoms with van der Waals surface area (Å²) in [4.78, 5) is 27.0. The molecule has 1 fully saturated rings. The first-order valence-electron chi connectivity index (χ1n) is 10.9. The molecular formula is C26H26BrN3O3. The van der Waals surface area contributed by atoms with Gasteiger partial charge in [-0.3, -0.25) is 20.4 Å². The number of hydrogen-bond acceptors (Lipinski definition) is 4. The number of nitrogens with one attached hydrogen (secondary N) is 2. The Bertz CT molecular complexity index is 1120. The number of carbonyl (C=O) groups excluding carboxylic acids is 2. The van der Waals surface area contributed by atoms with E-state index in [9.17, 15) is 9.59 Å². The van der Waals surface area contributed by atoms with E-state index in [1.807, 2.05) is 72.8 Å². The second-order valence-electron chi connectivity index (χ2n) is 7.95. The summed E-state index contributed by atoms with van der Waals surface area (Å²) in [6, 6.07) is 23.3. The summed E-state index contributed by atoms with van der Waals surface area (Å²) >= 11 is 3.46. The van der Waals surface area contributed by atoms with Crippen LogP contribution in [0, 0.1) is 5.92 Å². The summed E-state index contributed by atoms with van der Waals surface area (Å²) < 4.78 is 6.80. The quantitative estimate of drug-likeness (QED) is 0.416. The van der Waals surface area contributed by atoms with Gasteiger partial charge >= 0.3 is 0 Å². The fraction of sp³-hybridized carbons (Fsp3) is 0.231.